The van der Waals surface area contributed by atoms with E-state index >= 15 is 0 Å². The van der Waals surface area contributed by atoms with E-state index < -0.39 is 0 Å². The number of hydrogen-bond acceptors (Lipinski definition) is 5. The van der Waals surface area contributed by atoms with Crippen molar-refractivity contribution in [1.82, 2.24) is 15.3 Å². The largest absolute Gasteiger partial charge is 0.360 e. The molecule has 1 fully saturated rings. The Bertz CT molecular complexity index is 319. The molecule has 5 nitrogen and oxygen atoms in total. The number of aromatic nitrogens is 2. The van der Waals surface area contributed by atoms with Crippen molar-refractivity contribution in [1.29, 1.82) is 0 Å². The Morgan fingerprint density at radius 2 is 1.87 bits per heavy atom. The molecule has 0 bridgehead atoms. The molecular formula is C10H17N5. The smallest absolute Gasteiger partial charge is 0.172 e. The van der Waals surface area contributed by atoms with Crippen molar-refractivity contribution in [2.75, 3.05) is 50.1 Å². The standard InChI is InChI=1S/C10H17N5/c1-14(2)9-10(13-4-3-12-9)15-7-5-11-6-8-15/h3-4,11H,5-8H2,1-2H3. The quantitative estimate of drug-likeness (QED) is 0.737. The van der Waals surface area contributed by atoms with Crippen LogP contribution >= 0.6 is 0 Å². The van der Waals surface area contributed by atoms with E-state index in [1.165, 1.54) is 0 Å². The van der Waals surface area contributed by atoms with Gasteiger partial charge in [-0.3, -0.25) is 0 Å². The van der Waals surface area contributed by atoms with Crippen LogP contribution in [0.1, 0.15) is 0 Å². The third-order valence-electron chi connectivity index (χ3n) is 2.50. The maximum absolute atomic E-state index is 4.42. The molecule has 1 aromatic heterocycles. The van der Waals surface area contributed by atoms with Gasteiger partial charge >= 0.3 is 0 Å². The Hall–Kier alpha value is -1.36. The van der Waals surface area contributed by atoms with E-state index in [-0.39, 0.29) is 0 Å². The molecule has 0 aliphatic carbocycles. The zero-order chi connectivity index (χ0) is 10.7. The van der Waals surface area contributed by atoms with Crippen molar-refractivity contribution in [3.8, 4) is 0 Å². The number of piperazine rings is 1. The summed E-state index contributed by atoms with van der Waals surface area (Å²) < 4.78 is 0. The van der Waals surface area contributed by atoms with E-state index in [0.717, 1.165) is 37.8 Å². The van der Waals surface area contributed by atoms with Crippen molar-refractivity contribution in [3.63, 3.8) is 0 Å². The Morgan fingerprint density at radius 3 is 2.53 bits per heavy atom. The molecule has 1 aliphatic heterocycles. The van der Waals surface area contributed by atoms with Gasteiger partial charge in [-0.1, -0.05) is 0 Å². The van der Waals surface area contributed by atoms with Gasteiger partial charge in [-0.05, 0) is 0 Å². The van der Waals surface area contributed by atoms with Crippen molar-refractivity contribution in [2.45, 2.75) is 0 Å². The van der Waals surface area contributed by atoms with Crippen LogP contribution in [0.4, 0.5) is 11.6 Å². The van der Waals surface area contributed by atoms with Gasteiger partial charge < -0.3 is 15.1 Å². The fourth-order valence-electron chi connectivity index (χ4n) is 1.74. The summed E-state index contributed by atoms with van der Waals surface area (Å²) in [6.07, 6.45) is 3.49. The summed E-state index contributed by atoms with van der Waals surface area (Å²) in [6.45, 7) is 4.03. The van der Waals surface area contributed by atoms with Gasteiger partial charge in [-0.2, -0.15) is 0 Å². The van der Waals surface area contributed by atoms with Crippen LogP contribution in [-0.2, 0) is 0 Å². The Labute approximate surface area is 90.1 Å². The summed E-state index contributed by atoms with van der Waals surface area (Å²) in [5.74, 6) is 1.93. The summed E-state index contributed by atoms with van der Waals surface area (Å²) in [5.41, 5.74) is 0. The first-order valence-corrected chi connectivity index (χ1v) is 5.23. The highest BCUT2D eigenvalue weighted by atomic mass is 15.3. The van der Waals surface area contributed by atoms with E-state index in [9.17, 15) is 0 Å². The van der Waals surface area contributed by atoms with Crippen LogP contribution in [0.25, 0.3) is 0 Å². The highest BCUT2D eigenvalue weighted by Crippen LogP contribution is 2.22. The number of rotatable bonds is 2. The van der Waals surface area contributed by atoms with Crippen molar-refractivity contribution < 1.29 is 0 Å². The van der Waals surface area contributed by atoms with Crippen molar-refractivity contribution in [3.05, 3.63) is 12.4 Å². The molecule has 5 heteroatoms. The fourth-order valence-corrected chi connectivity index (χ4v) is 1.74. The van der Waals surface area contributed by atoms with Crippen LogP contribution in [0.5, 0.6) is 0 Å². The third-order valence-corrected chi connectivity index (χ3v) is 2.50. The third kappa shape index (κ3) is 2.18. The molecule has 0 atom stereocenters. The van der Waals surface area contributed by atoms with Crippen LogP contribution in [0.3, 0.4) is 0 Å². The van der Waals surface area contributed by atoms with E-state index in [2.05, 4.69) is 20.2 Å². The van der Waals surface area contributed by atoms with Gasteiger partial charge in [-0.25, -0.2) is 9.97 Å². The minimum Gasteiger partial charge on any atom is -0.360 e. The van der Waals surface area contributed by atoms with Crippen molar-refractivity contribution in [2.24, 2.45) is 0 Å². The van der Waals surface area contributed by atoms with Crippen LogP contribution in [-0.4, -0.2) is 50.2 Å². The molecule has 2 heterocycles. The Morgan fingerprint density at radius 1 is 1.20 bits per heavy atom. The lowest BCUT2D eigenvalue weighted by Crippen LogP contribution is -2.44. The fraction of sp³-hybridized carbons (Fsp3) is 0.600. The average molecular weight is 207 g/mol. The minimum absolute atomic E-state index is 0.944. The Balaban J connectivity index is 2.25. The lowest BCUT2D eigenvalue weighted by Gasteiger charge is -2.30. The lowest BCUT2D eigenvalue weighted by molar-refractivity contribution is 0.584. The first kappa shape index (κ1) is 10.2. The molecule has 0 unspecified atom stereocenters. The van der Waals surface area contributed by atoms with Crippen LogP contribution in [0.2, 0.25) is 0 Å². The minimum atomic E-state index is 0.944. The molecule has 0 spiro atoms. The van der Waals surface area contributed by atoms with Gasteiger partial charge in [0.2, 0.25) is 0 Å². The van der Waals surface area contributed by atoms with Crippen LogP contribution in [0, 0.1) is 0 Å². The monoisotopic (exact) mass is 207 g/mol. The summed E-state index contributed by atoms with van der Waals surface area (Å²) in [4.78, 5) is 13.1. The number of anilines is 2. The maximum Gasteiger partial charge on any atom is 0.172 e. The number of hydrogen-bond donors (Lipinski definition) is 1. The molecule has 0 radical (unpaired) electrons. The second kappa shape index (κ2) is 4.44. The number of nitrogens with one attached hydrogen (secondary N) is 1. The Kier molecular flexibility index (Phi) is 3.01. The summed E-state index contributed by atoms with van der Waals surface area (Å²) >= 11 is 0. The van der Waals surface area contributed by atoms with Crippen molar-refractivity contribution >= 4 is 11.6 Å². The van der Waals surface area contributed by atoms with Gasteiger partial charge in [0.05, 0.1) is 0 Å². The molecule has 1 aliphatic rings. The number of nitrogens with zero attached hydrogens (tertiary/aromatic N) is 4. The van der Waals surface area contributed by atoms with Gasteiger partial charge in [0, 0.05) is 52.7 Å². The van der Waals surface area contributed by atoms with E-state index in [0.29, 0.717) is 0 Å². The molecule has 1 N–H and O–H groups in total. The molecule has 0 saturated carbocycles. The molecule has 0 amide bonds. The lowest BCUT2D eigenvalue weighted by atomic mass is 10.3. The molecular weight excluding hydrogens is 190 g/mol. The average Bonchev–Trinajstić information content (AvgIpc) is 2.30. The van der Waals surface area contributed by atoms with Gasteiger partial charge in [0.15, 0.2) is 11.6 Å². The molecule has 1 saturated heterocycles. The SMILES string of the molecule is CN(C)c1nccnc1N1CCNCC1. The second-order valence-corrected chi connectivity index (χ2v) is 3.84. The van der Waals surface area contributed by atoms with E-state index in [4.69, 9.17) is 0 Å². The molecule has 82 valence electrons. The van der Waals surface area contributed by atoms with Crippen LogP contribution in [0.15, 0.2) is 12.4 Å². The first-order valence-electron chi connectivity index (χ1n) is 5.23. The summed E-state index contributed by atoms with van der Waals surface area (Å²) in [6, 6.07) is 0. The van der Waals surface area contributed by atoms with Crippen LogP contribution < -0.4 is 15.1 Å². The highest BCUT2D eigenvalue weighted by Gasteiger charge is 2.16. The summed E-state index contributed by atoms with van der Waals surface area (Å²) in [5, 5.41) is 3.33. The van der Waals surface area contributed by atoms with E-state index in [1.807, 2.05) is 19.0 Å². The zero-order valence-electron chi connectivity index (χ0n) is 9.27. The predicted octanol–water partition coefficient (Wildman–Crippen LogP) is -0.0478. The highest BCUT2D eigenvalue weighted by molar-refractivity contribution is 5.61. The molecule has 2 rings (SSSR count). The summed E-state index contributed by atoms with van der Waals surface area (Å²) in [7, 11) is 3.99. The zero-order valence-corrected chi connectivity index (χ0v) is 9.27. The molecule has 15 heavy (non-hydrogen) atoms. The topological polar surface area (TPSA) is 44.3 Å². The molecule has 1 aromatic rings. The van der Waals surface area contributed by atoms with Gasteiger partial charge in [0.1, 0.15) is 0 Å². The maximum atomic E-state index is 4.42. The normalized spacial score (nSPS) is 16.5. The predicted molar refractivity (Wildman–Crippen MR) is 61.4 cm³/mol. The van der Waals surface area contributed by atoms with E-state index in [1.54, 1.807) is 12.4 Å². The molecule has 0 aromatic carbocycles. The van der Waals surface area contributed by atoms with Gasteiger partial charge in [0.25, 0.3) is 0 Å². The second-order valence-electron chi connectivity index (χ2n) is 3.84. The first-order chi connectivity index (χ1) is 7.29. The van der Waals surface area contributed by atoms with Gasteiger partial charge in [-0.15, -0.1) is 0 Å².